The molecule has 4 amide bonds. The zero-order chi connectivity index (χ0) is 63.7. The summed E-state index contributed by atoms with van der Waals surface area (Å²) < 4.78 is 73.8. The smallest absolute Gasteiger partial charge is 0.303 e. The molecular weight excluding hydrogens is 1200 g/mol. The van der Waals surface area contributed by atoms with Crippen LogP contribution in [0.15, 0.2) is 83.2 Å². The second kappa shape index (κ2) is 28.5. The molecule has 6 heterocycles. The van der Waals surface area contributed by atoms with Gasteiger partial charge >= 0.3 is 5.97 Å². The van der Waals surface area contributed by atoms with Crippen LogP contribution in [0.25, 0.3) is 42.4 Å². The van der Waals surface area contributed by atoms with E-state index in [0.29, 0.717) is 75.8 Å². The van der Waals surface area contributed by atoms with Crippen LogP contribution in [-0.2, 0) is 35.9 Å². The Bertz CT molecular complexity index is 3970. The minimum Gasteiger partial charge on any atom is -0.481 e. The van der Waals surface area contributed by atoms with E-state index < -0.39 is 72.2 Å². The van der Waals surface area contributed by atoms with Crippen LogP contribution in [0.1, 0.15) is 172 Å². The number of amides is 4. The van der Waals surface area contributed by atoms with Crippen LogP contribution in [-0.4, -0.2) is 132 Å². The van der Waals surface area contributed by atoms with Crippen molar-refractivity contribution in [2.45, 2.75) is 130 Å². The number of carbonyl (C=O) groups is 5. The maximum Gasteiger partial charge on any atom is 0.303 e. The molecule has 0 fully saturated rings. The van der Waals surface area contributed by atoms with Gasteiger partial charge in [0.2, 0.25) is 5.69 Å². The number of nitrogens with zero attached hydrogens (tertiary/aromatic N) is 4. The quantitative estimate of drug-likeness (QED) is 0.0125. The number of carboxylic acid groups (broad SMARTS) is 1. The van der Waals surface area contributed by atoms with Crippen molar-refractivity contribution in [3.63, 3.8) is 0 Å². The minimum absolute atomic E-state index is 0.0160. The van der Waals surface area contributed by atoms with E-state index in [1.165, 1.54) is 22.7 Å². The van der Waals surface area contributed by atoms with E-state index in [4.69, 9.17) is 5.11 Å². The molecule has 6 aromatic rings. The van der Waals surface area contributed by atoms with Crippen LogP contribution in [0.4, 0.5) is 11.4 Å². The number of benzene rings is 2. The lowest BCUT2D eigenvalue weighted by Gasteiger charge is -2.30. The number of rotatable bonds is 30. The number of thiophene rings is 2. The summed E-state index contributed by atoms with van der Waals surface area (Å²) in [6.07, 6.45) is 10.9. The van der Waals surface area contributed by atoms with Crippen molar-refractivity contribution in [2.24, 2.45) is 0 Å². The fourth-order valence-corrected chi connectivity index (χ4v) is 15.1. The van der Waals surface area contributed by atoms with Crippen molar-refractivity contribution in [2.75, 3.05) is 55.7 Å². The summed E-state index contributed by atoms with van der Waals surface area (Å²) in [5.74, 6) is -3.69. The van der Waals surface area contributed by atoms with E-state index in [1.807, 2.05) is 48.0 Å². The van der Waals surface area contributed by atoms with Gasteiger partial charge in [0.1, 0.15) is 29.3 Å². The molecule has 2 aliphatic rings. The highest BCUT2D eigenvalue weighted by atomic mass is 32.2. The fraction of sp³-hybridized carbons (Fsp3) is 0.438. The van der Waals surface area contributed by atoms with E-state index in [2.05, 4.69) is 80.5 Å². The first-order valence-corrected chi connectivity index (χ1v) is 35.1. The van der Waals surface area contributed by atoms with Gasteiger partial charge in [-0.15, -0.1) is 22.7 Å². The molecule has 0 saturated heterocycles. The molecule has 4 aromatic heterocycles. The van der Waals surface area contributed by atoms with Crippen molar-refractivity contribution in [1.82, 2.24) is 31.2 Å². The van der Waals surface area contributed by atoms with Crippen LogP contribution in [0, 0.1) is 0 Å². The van der Waals surface area contributed by atoms with Gasteiger partial charge in [-0.3, -0.25) is 33.1 Å². The molecule has 2 unspecified atom stereocenters. The number of unbranched alkanes of at least 4 members (excludes halogenated alkanes) is 2. The van der Waals surface area contributed by atoms with Gasteiger partial charge < -0.3 is 31.3 Å². The third kappa shape index (κ3) is 14.7. The van der Waals surface area contributed by atoms with Crippen molar-refractivity contribution in [1.29, 1.82) is 0 Å². The highest BCUT2D eigenvalue weighted by molar-refractivity contribution is 7.86. The Balaban J connectivity index is 1.31. The molecule has 2 aromatic carbocycles. The average Bonchev–Trinajstić information content (AvgIpc) is 1.64. The first-order valence-electron chi connectivity index (χ1n) is 30.1. The summed E-state index contributed by atoms with van der Waals surface area (Å²) >= 11 is 2.99. The van der Waals surface area contributed by atoms with Crippen molar-refractivity contribution < 1.29 is 59.6 Å². The number of hydrogen-bond acceptors (Lipinski definition) is 14. The molecule has 24 heteroatoms. The van der Waals surface area contributed by atoms with Gasteiger partial charge in [0.05, 0.1) is 28.0 Å². The minimum atomic E-state index is -4.38. The molecule has 7 N–H and O–H groups in total. The van der Waals surface area contributed by atoms with Crippen LogP contribution in [0.2, 0.25) is 0 Å². The van der Waals surface area contributed by atoms with E-state index >= 15 is 0 Å². The monoisotopic (exact) mass is 1280 g/mol. The van der Waals surface area contributed by atoms with E-state index in [0.717, 1.165) is 71.6 Å². The first-order chi connectivity index (χ1) is 41.9. The number of allylic oxidation sites excluding steroid dienone is 4. The van der Waals surface area contributed by atoms with E-state index in [1.54, 1.807) is 38.1 Å². The predicted molar refractivity (Wildman–Crippen MR) is 348 cm³/mol. The van der Waals surface area contributed by atoms with Gasteiger partial charge in [-0.2, -0.15) is 21.4 Å². The first kappa shape index (κ1) is 66.7. The summed E-state index contributed by atoms with van der Waals surface area (Å²) in [5, 5.41) is 26.2. The number of pyridine rings is 2. The average molecular weight is 1280 g/mol. The number of aromatic nitrogens is 2. The summed E-state index contributed by atoms with van der Waals surface area (Å²) in [5.41, 5.74) is 6.47. The molecule has 470 valence electrons. The Morgan fingerprint density at radius 3 is 1.69 bits per heavy atom. The van der Waals surface area contributed by atoms with Crippen LogP contribution in [0.3, 0.4) is 0 Å². The standard InChI is InChI=1S/C64H78N8O12S4/c1-8-24-63(6)46-38-44(40-34-48(59(75)65-11-4)69-49(35-40)60(76)66-12-5)58-43(23-31-86-58)56(46)72(29-18-33-88(82,83)84)52(63)19-16-20-53-64(7,25-17-32-87(79,80)81)47-39-45(57-42(22-30-85-57)55(47)71(53)28-10-3)41-36-50(61(77)67-26-9-2)70-51(37-41)62(78)68-27-15-13-14-21-54(73)74/h16,19-20,22-23,30-31,34-39H,8-15,17-18,21,24-29,32-33H2,1-7H3,(H6-,65,66,67,68,73,74,75,76,77,78,79,80,81,82,83,84)/p+1. The highest BCUT2D eigenvalue weighted by Crippen LogP contribution is 2.56. The number of fused-ring (bicyclic) bond motifs is 6. The van der Waals surface area contributed by atoms with Gasteiger partial charge in [0.15, 0.2) is 5.71 Å². The number of carboxylic acids is 1. The highest BCUT2D eigenvalue weighted by Gasteiger charge is 2.49. The van der Waals surface area contributed by atoms with E-state index in [-0.39, 0.29) is 61.5 Å². The summed E-state index contributed by atoms with van der Waals surface area (Å²) in [6, 6.07) is 14.9. The topological polar surface area (TPSA) is 294 Å². The summed E-state index contributed by atoms with van der Waals surface area (Å²) in [4.78, 5) is 77.0. The number of nitrogens with one attached hydrogen (secondary N) is 4. The molecular formula is C64H79N8O12S4+. The molecule has 0 saturated carbocycles. The summed E-state index contributed by atoms with van der Waals surface area (Å²) in [7, 11) is -8.73. The molecule has 2 atom stereocenters. The van der Waals surface area contributed by atoms with Crippen LogP contribution < -0.4 is 26.2 Å². The Labute approximate surface area is 522 Å². The second-order valence-corrected chi connectivity index (χ2v) is 27.7. The SMILES string of the molecule is CCCNC(=O)c1cc(-c2cc3c(c4ccsc24)N(CCC)/C(=C/C=C/C2=[N+](CCCS(=O)(=O)O)c4c(cc(-c5cc(C(=O)NCC)nc(C(=O)NCC)c5)c5sccc45)C2(C)CCC)C3(C)CCCS(=O)(=O)O)cc(C(=O)NCCCCCC(=O)O)n1. The molecule has 0 radical (unpaired) electrons. The zero-order valence-corrected chi connectivity index (χ0v) is 54.1. The summed E-state index contributed by atoms with van der Waals surface area (Å²) in [6.45, 7) is 16.0. The normalized spacial score (nSPS) is 17.1. The van der Waals surface area contributed by atoms with Crippen molar-refractivity contribution >= 4 is 110 Å². The third-order valence-corrected chi connectivity index (χ3v) is 19.7. The van der Waals surface area contributed by atoms with Crippen LogP contribution >= 0.6 is 22.7 Å². The van der Waals surface area contributed by atoms with Gasteiger partial charge in [-0.1, -0.05) is 39.7 Å². The number of aliphatic carboxylic acids is 1. The zero-order valence-electron chi connectivity index (χ0n) is 50.9. The maximum absolute atomic E-state index is 13.9. The molecule has 8 rings (SSSR count). The lowest BCUT2D eigenvalue weighted by molar-refractivity contribution is -0.435. The molecule has 0 spiro atoms. The number of anilines is 1. The largest absolute Gasteiger partial charge is 0.481 e. The third-order valence-electron chi connectivity index (χ3n) is 16.2. The Morgan fingerprint density at radius 1 is 0.625 bits per heavy atom. The molecule has 20 nitrogen and oxygen atoms in total. The molecule has 0 aliphatic carbocycles. The lowest BCUT2D eigenvalue weighted by Crippen LogP contribution is -2.32. The Kier molecular flexibility index (Phi) is 21.6. The van der Waals surface area contributed by atoms with E-state index in [9.17, 15) is 49.9 Å². The van der Waals surface area contributed by atoms with Gasteiger partial charge in [-0.05, 0) is 155 Å². The van der Waals surface area contributed by atoms with Gasteiger partial charge in [0.25, 0.3) is 43.9 Å². The molecule has 2 aliphatic heterocycles. The van der Waals surface area contributed by atoms with Crippen molar-refractivity contribution in [3.8, 4) is 22.3 Å². The van der Waals surface area contributed by atoms with Gasteiger partial charge in [0, 0.05) is 94.2 Å². The number of hydrogen-bond donors (Lipinski definition) is 7. The van der Waals surface area contributed by atoms with Crippen LogP contribution in [0.5, 0.6) is 0 Å². The second-order valence-electron chi connectivity index (χ2n) is 22.7. The Hall–Kier alpha value is -7.22. The lowest BCUT2D eigenvalue weighted by atomic mass is 9.74. The van der Waals surface area contributed by atoms with Crippen molar-refractivity contribution in [3.05, 3.63) is 117 Å². The molecule has 88 heavy (non-hydrogen) atoms. The predicted octanol–water partition coefficient (Wildman–Crippen LogP) is 11.0. The van der Waals surface area contributed by atoms with Gasteiger partial charge in [-0.25, -0.2) is 9.97 Å². The number of carbonyl (C=O) groups excluding carboxylic acids is 4. The maximum atomic E-state index is 13.9. The molecule has 0 bridgehead atoms. The fourth-order valence-electron chi connectivity index (χ4n) is 12.3. The Morgan fingerprint density at radius 2 is 1.16 bits per heavy atom.